The van der Waals surface area contributed by atoms with Crippen molar-refractivity contribution in [3.05, 3.63) is 34.2 Å². The van der Waals surface area contributed by atoms with Crippen LogP contribution in [0.4, 0.5) is 5.95 Å². The molecule has 1 unspecified atom stereocenters. The quantitative estimate of drug-likeness (QED) is 0.526. The number of fused-ring (bicyclic) bond motifs is 1. The van der Waals surface area contributed by atoms with Crippen LogP contribution in [-0.4, -0.2) is 29.0 Å². The summed E-state index contributed by atoms with van der Waals surface area (Å²) in [5.74, 6) is 0.648. The highest BCUT2D eigenvalue weighted by molar-refractivity contribution is 5.95. The first-order chi connectivity index (χ1) is 9.69. The number of imidazole rings is 1. The van der Waals surface area contributed by atoms with E-state index >= 15 is 0 Å². The average molecular weight is 270 g/mol. The Morgan fingerprint density at radius 1 is 1.60 bits per heavy atom. The van der Waals surface area contributed by atoms with Crippen LogP contribution in [0.5, 0.6) is 0 Å². The summed E-state index contributed by atoms with van der Waals surface area (Å²) in [7, 11) is 0. The minimum absolute atomic E-state index is 0.0137. The highest BCUT2D eigenvalue weighted by Crippen LogP contribution is 2.26. The van der Waals surface area contributed by atoms with Crippen molar-refractivity contribution in [2.75, 3.05) is 18.0 Å². The lowest BCUT2D eigenvalue weighted by Crippen LogP contribution is -2.25. The fraction of sp³-hybridized carbons (Fsp3) is 0.385. The van der Waals surface area contributed by atoms with Gasteiger partial charge in [0.25, 0.3) is 0 Å². The molecule has 102 valence electrons. The summed E-state index contributed by atoms with van der Waals surface area (Å²) in [6, 6.07) is 5.88. The van der Waals surface area contributed by atoms with Gasteiger partial charge in [-0.1, -0.05) is 17.2 Å². The molecular weight excluding hydrogens is 256 g/mol. The zero-order chi connectivity index (χ0) is 14.1. The molecule has 0 aliphatic carbocycles. The molecular formula is C13H14N6O. The largest absolute Gasteiger partial charge is 0.324 e. The van der Waals surface area contributed by atoms with E-state index in [4.69, 9.17) is 5.53 Å². The van der Waals surface area contributed by atoms with Crippen LogP contribution in [0.2, 0.25) is 0 Å². The summed E-state index contributed by atoms with van der Waals surface area (Å²) in [5.41, 5.74) is 11.2. The Labute approximate surface area is 115 Å². The number of aromatic nitrogens is 2. The van der Waals surface area contributed by atoms with E-state index < -0.39 is 0 Å². The molecule has 7 nitrogen and oxygen atoms in total. The minimum atomic E-state index is 0.0137. The van der Waals surface area contributed by atoms with E-state index in [0.717, 1.165) is 16.6 Å². The molecule has 1 fully saturated rings. The zero-order valence-corrected chi connectivity index (χ0v) is 11.1. The molecule has 7 heteroatoms. The van der Waals surface area contributed by atoms with Gasteiger partial charge in [0.15, 0.2) is 0 Å². The van der Waals surface area contributed by atoms with Gasteiger partial charge in [-0.15, -0.1) is 0 Å². The van der Waals surface area contributed by atoms with Crippen LogP contribution < -0.4 is 4.90 Å². The van der Waals surface area contributed by atoms with Crippen LogP contribution in [0, 0.1) is 12.8 Å². The van der Waals surface area contributed by atoms with E-state index in [2.05, 4.69) is 20.0 Å². The van der Waals surface area contributed by atoms with Gasteiger partial charge in [-0.2, -0.15) is 0 Å². The number of hydrogen-bond donors (Lipinski definition) is 1. The Kier molecular flexibility index (Phi) is 3.04. The van der Waals surface area contributed by atoms with Crippen molar-refractivity contribution in [1.29, 1.82) is 0 Å². The number of aryl methyl sites for hydroxylation is 1. The fourth-order valence-corrected chi connectivity index (χ4v) is 2.55. The topological polar surface area (TPSA) is 97.8 Å². The molecule has 0 radical (unpaired) electrons. The summed E-state index contributed by atoms with van der Waals surface area (Å²) in [6.45, 7) is 2.87. The second-order valence-electron chi connectivity index (χ2n) is 5.02. The number of carbonyl (C=O) groups excluding carboxylic acids is 1. The van der Waals surface area contributed by atoms with Gasteiger partial charge in [0.05, 0.1) is 11.0 Å². The number of carbonyl (C=O) groups is 1. The highest BCUT2D eigenvalue weighted by Gasteiger charge is 2.31. The Balaban J connectivity index is 1.89. The van der Waals surface area contributed by atoms with Gasteiger partial charge in [-0.25, -0.2) is 4.98 Å². The summed E-state index contributed by atoms with van der Waals surface area (Å²) in [5, 5.41) is 3.54. The molecule has 2 aromatic rings. The van der Waals surface area contributed by atoms with Crippen LogP contribution >= 0.6 is 0 Å². The molecule has 1 aliphatic rings. The predicted molar refractivity (Wildman–Crippen MR) is 75.3 cm³/mol. The van der Waals surface area contributed by atoms with Gasteiger partial charge in [0.2, 0.25) is 11.9 Å². The van der Waals surface area contributed by atoms with E-state index in [1.807, 2.05) is 25.1 Å². The lowest BCUT2D eigenvalue weighted by atomic mass is 10.1. The van der Waals surface area contributed by atoms with Crippen LogP contribution in [0.15, 0.2) is 23.3 Å². The second kappa shape index (κ2) is 4.86. The summed E-state index contributed by atoms with van der Waals surface area (Å²) in [4.78, 5) is 24.1. The predicted octanol–water partition coefficient (Wildman–Crippen LogP) is 2.53. The van der Waals surface area contributed by atoms with E-state index in [0.29, 0.717) is 25.5 Å². The van der Waals surface area contributed by atoms with Crippen molar-refractivity contribution in [2.24, 2.45) is 11.0 Å². The molecule has 1 N–H and O–H groups in total. The first-order valence-electron chi connectivity index (χ1n) is 6.45. The summed E-state index contributed by atoms with van der Waals surface area (Å²) in [6.07, 6.45) is 0.398. The van der Waals surface area contributed by atoms with Crippen molar-refractivity contribution in [3.8, 4) is 0 Å². The molecule has 0 bridgehead atoms. The fourth-order valence-electron chi connectivity index (χ4n) is 2.55. The normalized spacial score (nSPS) is 18.6. The number of para-hydroxylation sites is 1. The number of nitrogens with one attached hydrogen (secondary N) is 1. The first kappa shape index (κ1) is 12.5. The number of H-pyrrole nitrogens is 1. The number of nitrogens with zero attached hydrogens (tertiary/aromatic N) is 5. The highest BCUT2D eigenvalue weighted by atomic mass is 16.2. The van der Waals surface area contributed by atoms with E-state index in [-0.39, 0.29) is 11.8 Å². The molecule has 2 heterocycles. The third-order valence-corrected chi connectivity index (χ3v) is 3.57. The number of rotatable bonds is 3. The molecule has 0 saturated carbocycles. The van der Waals surface area contributed by atoms with Crippen LogP contribution in [0.3, 0.4) is 0 Å². The number of benzene rings is 1. The van der Waals surface area contributed by atoms with Gasteiger partial charge in [-0.05, 0) is 30.0 Å². The molecule has 1 aliphatic heterocycles. The first-order valence-corrected chi connectivity index (χ1v) is 6.45. The van der Waals surface area contributed by atoms with Gasteiger partial charge in [0.1, 0.15) is 0 Å². The number of anilines is 1. The molecule has 1 atom stereocenters. The van der Waals surface area contributed by atoms with Crippen molar-refractivity contribution >= 4 is 22.9 Å². The lowest BCUT2D eigenvalue weighted by molar-refractivity contribution is -0.117. The standard InChI is InChI=1S/C13H14N6O/c1-8-3-2-4-10-12(8)17-13(16-10)19-7-9(5-11(19)20)6-15-18-14/h2-4,9H,5-7H2,1H3,(H,16,17). The number of amides is 1. The number of azide groups is 1. The molecule has 3 rings (SSSR count). The monoisotopic (exact) mass is 270 g/mol. The Morgan fingerprint density at radius 2 is 2.45 bits per heavy atom. The Hall–Kier alpha value is -2.53. The maximum atomic E-state index is 12.0. The third kappa shape index (κ3) is 2.08. The van der Waals surface area contributed by atoms with E-state index in [1.54, 1.807) is 4.90 Å². The molecule has 1 aromatic heterocycles. The van der Waals surface area contributed by atoms with Gasteiger partial charge < -0.3 is 4.98 Å². The van der Waals surface area contributed by atoms with Crippen LogP contribution in [0.1, 0.15) is 12.0 Å². The molecule has 0 spiro atoms. The lowest BCUT2D eigenvalue weighted by Gasteiger charge is -2.12. The maximum absolute atomic E-state index is 12.0. The third-order valence-electron chi connectivity index (χ3n) is 3.57. The summed E-state index contributed by atoms with van der Waals surface area (Å²) < 4.78 is 0. The zero-order valence-electron chi connectivity index (χ0n) is 11.1. The van der Waals surface area contributed by atoms with Gasteiger partial charge in [-0.3, -0.25) is 9.69 Å². The Bertz CT molecular complexity index is 715. The van der Waals surface area contributed by atoms with Crippen LogP contribution in [0.25, 0.3) is 21.5 Å². The van der Waals surface area contributed by atoms with Crippen LogP contribution in [-0.2, 0) is 4.79 Å². The van der Waals surface area contributed by atoms with Crippen molar-refractivity contribution in [3.63, 3.8) is 0 Å². The van der Waals surface area contributed by atoms with E-state index in [1.165, 1.54) is 0 Å². The molecule has 20 heavy (non-hydrogen) atoms. The minimum Gasteiger partial charge on any atom is -0.324 e. The second-order valence-corrected chi connectivity index (χ2v) is 5.02. The Morgan fingerprint density at radius 3 is 3.20 bits per heavy atom. The molecule has 1 saturated heterocycles. The van der Waals surface area contributed by atoms with Crippen molar-refractivity contribution < 1.29 is 4.79 Å². The average Bonchev–Trinajstić information content (AvgIpc) is 3.00. The van der Waals surface area contributed by atoms with Gasteiger partial charge >= 0.3 is 0 Å². The van der Waals surface area contributed by atoms with Crippen molar-refractivity contribution in [2.45, 2.75) is 13.3 Å². The number of hydrogen-bond acceptors (Lipinski definition) is 3. The molecule has 1 amide bonds. The SMILES string of the molecule is Cc1cccc2[nH]c(N3CC(CN=[N+]=[N-])CC3=O)nc12. The maximum Gasteiger partial charge on any atom is 0.229 e. The van der Waals surface area contributed by atoms with E-state index in [9.17, 15) is 4.79 Å². The summed E-state index contributed by atoms with van der Waals surface area (Å²) >= 11 is 0. The number of aromatic amines is 1. The molecule has 1 aromatic carbocycles. The van der Waals surface area contributed by atoms with Crippen molar-refractivity contribution in [1.82, 2.24) is 9.97 Å². The van der Waals surface area contributed by atoms with Gasteiger partial charge in [0, 0.05) is 24.4 Å². The smallest absolute Gasteiger partial charge is 0.229 e.